The Morgan fingerprint density at radius 1 is 0.929 bits per heavy atom. The lowest BCUT2D eigenvalue weighted by molar-refractivity contribution is 0.414. The van der Waals surface area contributed by atoms with E-state index in [0.29, 0.717) is 0 Å². The van der Waals surface area contributed by atoms with Crippen molar-refractivity contribution >= 4 is 22.7 Å². The van der Waals surface area contributed by atoms with E-state index in [9.17, 15) is 0 Å². The van der Waals surface area contributed by atoms with Gasteiger partial charge < -0.3 is 9.30 Å². The summed E-state index contributed by atoms with van der Waals surface area (Å²) in [6.45, 7) is 5.27. The van der Waals surface area contributed by atoms with Crippen molar-refractivity contribution in [2.24, 2.45) is 0 Å². The Hall–Kier alpha value is -2.72. The average molecular weight is 389 g/mol. The van der Waals surface area contributed by atoms with E-state index in [1.54, 1.807) is 18.9 Å². The van der Waals surface area contributed by atoms with Crippen molar-refractivity contribution in [1.82, 2.24) is 9.55 Å². The van der Waals surface area contributed by atoms with Crippen molar-refractivity contribution in [3.8, 4) is 5.75 Å². The molecule has 0 spiro atoms. The van der Waals surface area contributed by atoms with Crippen molar-refractivity contribution in [3.63, 3.8) is 0 Å². The Labute approximate surface area is 170 Å². The Balaban J connectivity index is 1.68. The highest BCUT2D eigenvalue weighted by molar-refractivity contribution is 7.98. The first kappa shape index (κ1) is 18.6. The minimum absolute atomic E-state index is 0.860. The van der Waals surface area contributed by atoms with Crippen molar-refractivity contribution in [2.75, 3.05) is 7.11 Å². The lowest BCUT2D eigenvalue weighted by Crippen LogP contribution is -2.03. The van der Waals surface area contributed by atoms with Gasteiger partial charge in [-0.2, -0.15) is 0 Å². The molecular weight excluding hydrogens is 364 g/mol. The zero-order valence-electron chi connectivity index (χ0n) is 16.5. The van der Waals surface area contributed by atoms with E-state index < -0.39 is 0 Å². The number of hydrogen-bond donors (Lipinski definition) is 0. The van der Waals surface area contributed by atoms with Crippen LogP contribution in [0.15, 0.2) is 71.9 Å². The van der Waals surface area contributed by atoms with E-state index >= 15 is 0 Å². The number of pyridine rings is 1. The van der Waals surface area contributed by atoms with Gasteiger partial charge in [-0.05, 0) is 48.7 Å². The molecule has 2 heterocycles. The molecule has 0 atom stereocenters. The Morgan fingerprint density at radius 2 is 1.68 bits per heavy atom. The second-order valence-corrected chi connectivity index (χ2v) is 7.90. The first-order valence-corrected chi connectivity index (χ1v) is 10.4. The van der Waals surface area contributed by atoms with E-state index in [4.69, 9.17) is 9.72 Å². The number of fused-ring (bicyclic) bond motifs is 1. The summed E-state index contributed by atoms with van der Waals surface area (Å²) < 4.78 is 7.66. The second-order valence-electron chi connectivity index (χ2n) is 6.93. The summed E-state index contributed by atoms with van der Waals surface area (Å²) >= 11 is 1.79. The van der Waals surface area contributed by atoms with Crippen LogP contribution in [0.2, 0.25) is 0 Å². The summed E-state index contributed by atoms with van der Waals surface area (Å²) in [5, 5.41) is 2.38. The Kier molecular flexibility index (Phi) is 5.40. The molecule has 0 saturated heterocycles. The van der Waals surface area contributed by atoms with Gasteiger partial charge in [-0.3, -0.25) is 0 Å². The number of ether oxygens (including phenoxy) is 1. The maximum absolute atomic E-state index is 5.26. The van der Waals surface area contributed by atoms with Crippen molar-refractivity contribution in [3.05, 3.63) is 89.2 Å². The molecule has 4 heteroatoms. The average Bonchev–Trinajstić information content (AvgIpc) is 2.99. The molecule has 2 aromatic heterocycles. The Morgan fingerprint density at radius 3 is 2.39 bits per heavy atom. The molecule has 0 aliphatic rings. The number of thioether (sulfide) groups is 1. The molecule has 3 nitrogen and oxygen atoms in total. The number of benzene rings is 2. The molecule has 0 bridgehead atoms. The van der Waals surface area contributed by atoms with Crippen LogP contribution >= 0.6 is 11.8 Å². The third kappa shape index (κ3) is 3.65. The van der Waals surface area contributed by atoms with Gasteiger partial charge >= 0.3 is 0 Å². The zero-order chi connectivity index (χ0) is 19.5. The maximum Gasteiger partial charge on any atom is 0.121 e. The fourth-order valence-corrected chi connectivity index (χ4v) is 4.49. The second kappa shape index (κ2) is 8.11. The number of hydrogen-bond acceptors (Lipinski definition) is 3. The maximum atomic E-state index is 5.26. The van der Waals surface area contributed by atoms with Crippen LogP contribution in [0.5, 0.6) is 5.75 Å². The number of methoxy groups -OCH3 is 1. The summed E-state index contributed by atoms with van der Waals surface area (Å²) in [4.78, 5) is 4.73. The van der Waals surface area contributed by atoms with Crippen LogP contribution in [0.25, 0.3) is 10.9 Å². The normalized spacial score (nSPS) is 11.1. The van der Waals surface area contributed by atoms with Crippen molar-refractivity contribution in [1.29, 1.82) is 0 Å². The zero-order valence-corrected chi connectivity index (χ0v) is 17.3. The van der Waals surface area contributed by atoms with Gasteiger partial charge in [0.1, 0.15) is 10.8 Å². The largest absolute Gasteiger partial charge is 0.497 e. The van der Waals surface area contributed by atoms with E-state index in [2.05, 4.69) is 66.9 Å². The highest BCUT2D eigenvalue weighted by atomic mass is 32.2. The molecule has 0 N–H and O–H groups in total. The number of nitrogens with zero attached hydrogens (tertiary/aromatic N) is 2. The fourth-order valence-electron chi connectivity index (χ4n) is 3.51. The first-order valence-electron chi connectivity index (χ1n) is 9.41. The molecule has 0 amide bonds. The van der Waals surface area contributed by atoms with Gasteiger partial charge in [0.25, 0.3) is 0 Å². The lowest BCUT2D eigenvalue weighted by atomic mass is 10.2. The fraction of sp³-hybridized carbons (Fsp3) is 0.208. The highest BCUT2D eigenvalue weighted by Gasteiger charge is 2.16. The molecule has 4 rings (SSSR count). The third-order valence-corrected chi connectivity index (χ3v) is 6.28. The topological polar surface area (TPSA) is 27.1 Å². The van der Waals surface area contributed by atoms with Gasteiger partial charge in [-0.25, -0.2) is 4.98 Å². The number of aryl methyl sites for hydroxylation is 1. The van der Waals surface area contributed by atoms with Gasteiger partial charge in [0, 0.05) is 29.6 Å². The van der Waals surface area contributed by atoms with Gasteiger partial charge in [-0.1, -0.05) is 54.2 Å². The molecule has 0 aliphatic carbocycles. The monoisotopic (exact) mass is 388 g/mol. The van der Waals surface area contributed by atoms with Gasteiger partial charge in [0.05, 0.1) is 12.6 Å². The molecule has 0 radical (unpaired) electrons. The Bertz CT molecular complexity index is 1090. The van der Waals surface area contributed by atoms with Crippen LogP contribution in [0.1, 0.15) is 22.4 Å². The summed E-state index contributed by atoms with van der Waals surface area (Å²) in [5.41, 5.74) is 6.44. The predicted molar refractivity (Wildman–Crippen MR) is 117 cm³/mol. The van der Waals surface area contributed by atoms with E-state index in [1.807, 2.05) is 18.3 Å². The molecule has 0 fully saturated rings. The van der Waals surface area contributed by atoms with Crippen LogP contribution in [-0.2, 0) is 12.3 Å². The summed E-state index contributed by atoms with van der Waals surface area (Å²) in [6.07, 6.45) is 1.93. The molecule has 0 unspecified atom stereocenters. The number of rotatable bonds is 6. The molecular formula is C24H24N2OS. The van der Waals surface area contributed by atoms with Crippen molar-refractivity contribution in [2.45, 2.75) is 31.2 Å². The molecule has 0 saturated carbocycles. The van der Waals surface area contributed by atoms with Gasteiger partial charge in [0.2, 0.25) is 0 Å². The highest BCUT2D eigenvalue weighted by Crippen LogP contribution is 2.34. The smallest absolute Gasteiger partial charge is 0.121 e. The number of aromatic nitrogens is 2. The van der Waals surface area contributed by atoms with Crippen LogP contribution in [0.3, 0.4) is 0 Å². The van der Waals surface area contributed by atoms with Gasteiger partial charge in [-0.15, -0.1) is 0 Å². The van der Waals surface area contributed by atoms with E-state index in [1.165, 1.54) is 33.3 Å². The van der Waals surface area contributed by atoms with Crippen LogP contribution in [0, 0.1) is 13.8 Å². The van der Waals surface area contributed by atoms with Gasteiger partial charge in [0.15, 0.2) is 0 Å². The molecule has 4 aromatic rings. The predicted octanol–water partition coefficient (Wildman–Crippen LogP) is 6.00. The van der Waals surface area contributed by atoms with Crippen LogP contribution < -0.4 is 4.74 Å². The SMILES string of the molecule is COc1ccc(CSc2nccc3c(C)c(C)n(Cc4ccccc4)c23)cc1. The quantitative estimate of drug-likeness (QED) is 0.379. The summed E-state index contributed by atoms with van der Waals surface area (Å²) in [6, 6.07) is 21.0. The molecule has 28 heavy (non-hydrogen) atoms. The lowest BCUT2D eigenvalue weighted by Gasteiger charge is -2.11. The van der Waals surface area contributed by atoms with Crippen molar-refractivity contribution < 1.29 is 4.74 Å². The molecule has 2 aromatic carbocycles. The van der Waals surface area contributed by atoms with E-state index in [0.717, 1.165) is 23.1 Å². The van der Waals surface area contributed by atoms with Crippen LogP contribution in [0.4, 0.5) is 0 Å². The third-order valence-electron chi connectivity index (χ3n) is 5.23. The summed E-state index contributed by atoms with van der Waals surface area (Å²) in [5.74, 6) is 1.77. The molecule has 0 aliphatic heterocycles. The minimum atomic E-state index is 0.860. The van der Waals surface area contributed by atoms with Crippen LogP contribution in [-0.4, -0.2) is 16.7 Å². The van der Waals surface area contributed by atoms with E-state index in [-0.39, 0.29) is 0 Å². The summed E-state index contributed by atoms with van der Waals surface area (Å²) in [7, 11) is 1.69. The first-order chi connectivity index (χ1) is 13.7. The standard InChI is InChI=1S/C24H24N2OS/c1-17-18(2)26(15-19-7-5-4-6-8-19)23-22(17)13-14-25-24(23)28-16-20-9-11-21(27-3)12-10-20/h4-14H,15-16H2,1-3H3. The minimum Gasteiger partial charge on any atom is -0.497 e. The molecule has 142 valence electrons.